The average Bonchev–Trinajstić information content (AvgIpc) is 2.14. The molecule has 1 aromatic rings. The van der Waals surface area contributed by atoms with Crippen molar-refractivity contribution < 1.29 is 0 Å². The van der Waals surface area contributed by atoms with Gasteiger partial charge >= 0.3 is 0 Å². The molecule has 0 aliphatic carbocycles. The molecule has 0 saturated carbocycles. The summed E-state index contributed by atoms with van der Waals surface area (Å²) in [5.74, 6) is 1.11. The fourth-order valence-corrected chi connectivity index (χ4v) is 1.97. The number of alkyl halides is 1. The maximum absolute atomic E-state index is 5.87. The SMILES string of the molecule is CC(C)C(=Cc1cccc(Br)c1)CCl. The standard InChI is InChI=1S/C12H14BrCl/c1-9(2)11(8-14)6-10-4-3-5-12(13)7-10/h3-7,9H,8H2,1-2H3. The third kappa shape index (κ3) is 3.47. The Hall–Kier alpha value is -0.270. The summed E-state index contributed by atoms with van der Waals surface area (Å²) >= 11 is 9.32. The first-order valence-electron chi connectivity index (χ1n) is 4.65. The van der Waals surface area contributed by atoms with Crippen LogP contribution in [0.3, 0.4) is 0 Å². The second-order valence-corrected chi connectivity index (χ2v) is 4.75. The van der Waals surface area contributed by atoms with Gasteiger partial charge in [-0.1, -0.05) is 53.6 Å². The number of hydrogen-bond donors (Lipinski definition) is 0. The zero-order valence-electron chi connectivity index (χ0n) is 8.43. The van der Waals surface area contributed by atoms with Crippen molar-refractivity contribution in [2.24, 2.45) is 5.92 Å². The molecule has 0 atom stereocenters. The molecule has 0 radical (unpaired) electrons. The van der Waals surface area contributed by atoms with Crippen molar-refractivity contribution in [3.8, 4) is 0 Å². The molecule has 1 rings (SSSR count). The third-order valence-electron chi connectivity index (χ3n) is 2.10. The van der Waals surface area contributed by atoms with Crippen molar-refractivity contribution in [3.63, 3.8) is 0 Å². The largest absolute Gasteiger partial charge is 0.122 e. The molecule has 0 aromatic heterocycles. The molecular formula is C12H14BrCl. The van der Waals surface area contributed by atoms with E-state index in [2.05, 4.69) is 48.0 Å². The Morgan fingerprint density at radius 3 is 2.71 bits per heavy atom. The molecule has 0 aliphatic heterocycles. The molecule has 76 valence electrons. The highest BCUT2D eigenvalue weighted by Gasteiger charge is 2.01. The number of rotatable bonds is 3. The number of benzene rings is 1. The van der Waals surface area contributed by atoms with E-state index in [1.165, 1.54) is 11.1 Å². The Balaban J connectivity index is 2.94. The van der Waals surface area contributed by atoms with Crippen LogP contribution in [-0.2, 0) is 0 Å². The molecule has 2 heteroatoms. The van der Waals surface area contributed by atoms with Gasteiger partial charge in [0.25, 0.3) is 0 Å². The minimum atomic E-state index is 0.506. The highest BCUT2D eigenvalue weighted by molar-refractivity contribution is 9.10. The second kappa shape index (κ2) is 5.57. The summed E-state index contributed by atoms with van der Waals surface area (Å²) in [5, 5.41) is 0. The maximum Gasteiger partial charge on any atom is 0.0439 e. The van der Waals surface area contributed by atoms with Crippen LogP contribution in [0.15, 0.2) is 34.3 Å². The van der Waals surface area contributed by atoms with Gasteiger partial charge in [-0.25, -0.2) is 0 Å². The van der Waals surface area contributed by atoms with E-state index in [1.807, 2.05) is 12.1 Å². The van der Waals surface area contributed by atoms with Gasteiger partial charge in [0.05, 0.1) is 0 Å². The van der Waals surface area contributed by atoms with Gasteiger partial charge in [-0.2, -0.15) is 0 Å². The van der Waals surface area contributed by atoms with Crippen molar-refractivity contribution in [2.45, 2.75) is 13.8 Å². The maximum atomic E-state index is 5.87. The van der Waals surface area contributed by atoms with Gasteiger partial charge in [-0.15, -0.1) is 11.6 Å². The van der Waals surface area contributed by atoms with Crippen LogP contribution in [0.25, 0.3) is 6.08 Å². The molecule has 0 nitrogen and oxygen atoms in total. The van der Waals surface area contributed by atoms with Gasteiger partial charge < -0.3 is 0 Å². The van der Waals surface area contributed by atoms with E-state index in [0.29, 0.717) is 11.8 Å². The summed E-state index contributed by atoms with van der Waals surface area (Å²) in [6.07, 6.45) is 2.16. The highest BCUT2D eigenvalue weighted by Crippen LogP contribution is 2.18. The van der Waals surface area contributed by atoms with Crippen molar-refractivity contribution in [1.82, 2.24) is 0 Å². The van der Waals surface area contributed by atoms with Crippen LogP contribution in [0, 0.1) is 5.92 Å². The molecule has 0 saturated heterocycles. The van der Waals surface area contributed by atoms with Gasteiger partial charge in [-0.05, 0) is 23.6 Å². The van der Waals surface area contributed by atoms with E-state index in [-0.39, 0.29) is 0 Å². The lowest BCUT2D eigenvalue weighted by atomic mass is 10.0. The normalized spacial score (nSPS) is 12.2. The van der Waals surface area contributed by atoms with Crippen molar-refractivity contribution in [1.29, 1.82) is 0 Å². The van der Waals surface area contributed by atoms with E-state index >= 15 is 0 Å². The van der Waals surface area contributed by atoms with Crippen LogP contribution in [0.2, 0.25) is 0 Å². The van der Waals surface area contributed by atoms with Crippen LogP contribution >= 0.6 is 27.5 Å². The quantitative estimate of drug-likeness (QED) is 0.699. The zero-order chi connectivity index (χ0) is 10.6. The lowest BCUT2D eigenvalue weighted by molar-refractivity contribution is 0.778. The van der Waals surface area contributed by atoms with Crippen LogP contribution < -0.4 is 0 Å². The van der Waals surface area contributed by atoms with E-state index in [9.17, 15) is 0 Å². The predicted molar refractivity (Wildman–Crippen MR) is 67.7 cm³/mol. The van der Waals surface area contributed by atoms with Crippen molar-refractivity contribution in [2.75, 3.05) is 5.88 Å². The summed E-state index contributed by atoms with van der Waals surface area (Å²) in [4.78, 5) is 0. The van der Waals surface area contributed by atoms with Gasteiger partial charge in [0, 0.05) is 10.4 Å². The highest BCUT2D eigenvalue weighted by atomic mass is 79.9. The molecule has 0 spiro atoms. The predicted octanol–water partition coefficient (Wildman–Crippen LogP) is 4.73. The molecule has 0 unspecified atom stereocenters. The zero-order valence-corrected chi connectivity index (χ0v) is 10.8. The van der Waals surface area contributed by atoms with Gasteiger partial charge in [0.1, 0.15) is 0 Å². The summed E-state index contributed by atoms with van der Waals surface area (Å²) in [5.41, 5.74) is 2.47. The van der Waals surface area contributed by atoms with Crippen LogP contribution in [0.4, 0.5) is 0 Å². The fourth-order valence-electron chi connectivity index (χ4n) is 1.17. The van der Waals surface area contributed by atoms with E-state index in [4.69, 9.17) is 11.6 Å². The molecule has 0 heterocycles. The molecular weight excluding hydrogens is 259 g/mol. The van der Waals surface area contributed by atoms with Crippen molar-refractivity contribution >= 4 is 33.6 Å². The average molecular weight is 274 g/mol. The molecule has 0 N–H and O–H groups in total. The Kier molecular flexibility index (Phi) is 4.70. The van der Waals surface area contributed by atoms with E-state index < -0.39 is 0 Å². The topological polar surface area (TPSA) is 0 Å². The first-order chi connectivity index (χ1) is 6.63. The van der Waals surface area contributed by atoms with Gasteiger partial charge in [0.15, 0.2) is 0 Å². The monoisotopic (exact) mass is 272 g/mol. The summed E-state index contributed by atoms with van der Waals surface area (Å²) in [6.45, 7) is 4.32. The molecule has 0 bridgehead atoms. The summed E-state index contributed by atoms with van der Waals surface area (Å²) in [6, 6.07) is 8.23. The van der Waals surface area contributed by atoms with Crippen LogP contribution in [0.5, 0.6) is 0 Å². The third-order valence-corrected chi connectivity index (χ3v) is 2.90. The Morgan fingerprint density at radius 1 is 1.50 bits per heavy atom. The Labute approximate surface area is 99.1 Å². The molecule has 1 aromatic carbocycles. The molecule has 0 amide bonds. The lowest BCUT2D eigenvalue weighted by Crippen LogP contribution is -1.94. The van der Waals surface area contributed by atoms with Gasteiger partial charge in [0.2, 0.25) is 0 Å². The summed E-state index contributed by atoms with van der Waals surface area (Å²) in [7, 11) is 0. The Morgan fingerprint density at radius 2 is 2.21 bits per heavy atom. The minimum absolute atomic E-state index is 0.506. The molecule has 0 aliphatic rings. The van der Waals surface area contributed by atoms with Gasteiger partial charge in [-0.3, -0.25) is 0 Å². The lowest BCUT2D eigenvalue weighted by Gasteiger charge is -2.07. The smallest absolute Gasteiger partial charge is 0.0439 e. The van der Waals surface area contributed by atoms with Crippen LogP contribution in [-0.4, -0.2) is 5.88 Å². The van der Waals surface area contributed by atoms with E-state index in [0.717, 1.165) is 4.47 Å². The van der Waals surface area contributed by atoms with Crippen molar-refractivity contribution in [3.05, 3.63) is 39.9 Å². The molecule has 0 fully saturated rings. The van der Waals surface area contributed by atoms with Crippen LogP contribution in [0.1, 0.15) is 19.4 Å². The summed E-state index contributed by atoms with van der Waals surface area (Å²) < 4.78 is 1.10. The Bertz CT molecular complexity index is 329. The molecule has 14 heavy (non-hydrogen) atoms. The first-order valence-corrected chi connectivity index (χ1v) is 5.98. The minimum Gasteiger partial charge on any atom is -0.122 e. The number of hydrogen-bond acceptors (Lipinski definition) is 0. The first kappa shape index (κ1) is 11.8. The fraction of sp³-hybridized carbons (Fsp3) is 0.333. The van der Waals surface area contributed by atoms with E-state index in [1.54, 1.807) is 0 Å². The number of halogens is 2. The second-order valence-electron chi connectivity index (χ2n) is 3.56. The number of allylic oxidation sites excluding steroid dienone is 1.